The van der Waals surface area contributed by atoms with Crippen molar-refractivity contribution < 1.29 is 9.53 Å². The molecule has 16 heavy (non-hydrogen) atoms. The van der Waals surface area contributed by atoms with Gasteiger partial charge in [-0.1, -0.05) is 0 Å². The van der Waals surface area contributed by atoms with Gasteiger partial charge in [0.05, 0.1) is 0 Å². The van der Waals surface area contributed by atoms with Gasteiger partial charge in [-0.25, -0.2) is 0 Å². The van der Waals surface area contributed by atoms with E-state index in [1.54, 1.807) is 7.11 Å². The number of nitrogens with one attached hydrogen (secondary N) is 1. The molecule has 4 nitrogen and oxygen atoms in total. The molecule has 1 amide bonds. The maximum Gasteiger partial charge on any atom is 0.251 e. The number of carbonyl (C=O) groups excluding carboxylic acids is 1. The highest BCUT2D eigenvalue weighted by Gasteiger charge is 2.32. The second-order valence-electron chi connectivity index (χ2n) is 4.59. The molecule has 1 N–H and O–H groups in total. The van der Waals surface area contributed by atoms with E-state index in [0.29, 0.717) is 12.1 Å². The van der Waals surface area contributed by atoms with Gasteiger partial charge in [0.25, 0.3) is 5.91 Å². The first-order chi connectivity index (χ1) is 7.20. The standard InChI is InChI=1S/C11H20N2O2.ClH/c1-8(15-2)11(14)13-6-5-9-3-4-10(7-13)12-9;/h8-10,12H,3-7H2,1-2H3;1H. The summed E-state index contributed by atoms with van der Waals surface area (Å²) in [6.45, 7) is 3.54. The van der Waals surface area contributed by atoms with E-state index in [1.807, 2.05) is 11.8 Å². The number of hydrogen-bond acceptors (Lipinski definition) is 3. The summed E-state index contributed by atoms with van der Waals surface area (Å²) in [5.74, 6) is 0.131. The number of fused-ring (bicyclic) bond motifs is 2. The lowest BCUT2D eigenvalue weighted by molar-refractivity contribution is -0.141. The number of nitrogens with zero attached hydrogens (tertiary/aromatic N) is 1. The number of ether oxygens (including phenoxy) is 1. The summed E-state index contributed by atoms with van der Waals surface area (Å²) in [4.78, 5) is 13.9. The van der Waals surface area contributed by atoms with E-state index in [2.05, 4.69) is 5.32 Å². The summed E-state index contributed by atoms with van der Waals surface area (Å²) in [5.41, 5.74) is 0. The Morgan fingerprint density at radius 1 is 1.38 bits per heavy atom. The zero-order valence-corrected chi connectivity index (χ0v) is 10.8. The quantitative estimate of drug-likeness (QED) is 0.786. The highest BCUT2D eigenvalue weighted by atomic mass is 35.5. The lowest BCUT2D eigenvalue weighted by atomic mass is 10.1. The average molecular weight is 249 g/mol. The van der Waals surface area contributed by atoms with Crippen LogP contribution in [0.15, 0.2) is 0 Å². The number of carbonyl (C=O) groups is 1. The molecule has 2 fully saturated rings. The lowest BCUT2D eigenvalue weighted by Crippen LogP contribution is -2.43. The van der Waals surface area contributed by atoms with Gasteiger partial charge in [0.2, 0.25) is 0 Å². The molecule has 2 saturated heterocycles. The molecule has 5 heteroatoms. The Bertz CT molecular complexity index is 250. The first-order valence-corrected chi connectivity index (χ1v) is 5.78. The predicted octanol–water partition coefficient (Wildman–Crippen LogP) is 0.796. The molecule has 0 saturated carbocycles. The summed E-state index contributed by atoms with van der Waals surface area (Å²) >= 11 is 0. The van der Waals surface area contributed by atoms with Crippen molar-refractivity contribution in [3.05, 3.63) is 0 Å². The van der Waals surface area contributed by atoms with Crippen LogP contribution in [-0.4, -0.2) is 49.2 Å². The van der Waals surface area contributed by atoms with Crippen molar-refractivity contribution in [3.8, 4) is 0 Å². The largest absolute Gasteiger partial charge is 0.372 e. The molecule has 94 valence electrons. The third-order valence-electron chi connectivity index (χ3n) is 3.54. The van der Waals surface area contributed by atoms with E-state index in [-0.39, 0.29) is 24.4 Å². The number of likely N-dealkylation sites (tertiary alicyclic amines) is 1. The minimum Gasteiger partial charge on any atom is -0.372 e. The van der Waals surface area contributed by atoms with Gasteiger partial charge in [-0.3, -0.25) is 4.79 Å². The molecule has 2 rings (SSSR count). The zero-order valence-electron chi connectivity index (χ0n) is 9.94. The third kappa shape index (κ3) is 2.87. The fraction of sp³-hybridized carbons (Fsp3) is 0.909. The normalized spacial score (nSPS) is 30.5. The van der Waals surface area contributed by atoms with Crippen molar-refractivity contribution in [2.24, 2.45) is 0 Å². The summed E-state index contributed by atoms with van der Waals surface area (Å²) in [6.07, 6.45) is 3.25. The highest BCUT2D eigenvalue weighted by Crippen LogP contribution is 2.20. The van der Waals surface area contributed by atoms with Crippen LogP contribution in [0.3, 0.4) is 0 Å². The Morgan fingerprint density at radius 3 is 2.75 bits per heavy atom. The van der Waals surface area contributed by atoms with Crippen LogP contribution in [0.4, 0.5) is 0 Å². The van der Waals surface area contributed by atoms with Crippen LogP contribution in [0.1, 0.15) is 26.2 Å². The second kappa shape index (κ2) is 5.84. The van der Waals surface area contributed by atoms with Crippen LogP contribution in [0.25, 0.3) is 0 Å². The number of hydrogen-bond donors (Lipinski definition) is 1. The SMILES string of the molecule is COC(C)C(=O)N1CCC2CCC(C1)N2.Cl. The van der Waals surface area contributed by atoms with Crippen molar-refractivity contribution in [1.29, 1.82) is 0 Å². The summed E-state index contributed by atoms with van der Waals surface area (Å²) in [5, 5.41) is 3.56. The number of rotatable bonds is 2. The predicted molar refractivity (Wildman–Crippen MR) is 64.9 cm³/mol. The first-order valence-electron chi connectivity index (χ1n) is 5.78. The lowest BCUT2D eigenvalue weighted by Gasteiger charge is -2.26. The van der Waals surface area contributed by atoms with Crippen LogP contribution in [-0.2, 0) is 9.53 Å². The Balaban J connectivity index is 0.00000128. The topological polar surface area (TPSA) is 41.6 Å². The van der Waals surface area contributed by atoms with Crippen molar-refractivity contribution in [2.75, 3.05) is 20.2 Å². The maximum atomic E-state index is 11.9. The molecule has 2 heterocycles. The minimum atomic E-state index is -0.304. The molecule has 3 atom stereocenters. The van der Waals surface area contributed by atoms with Gasteiger partial charge in [0.1, 0.15) is 6.10 Å². The van der Waals surface area contributed by atoms with E-state index in [9.17, 15) is 4.79 Å². The molecule has 0 spiro atoms. The molecule has 0 aromatic rings. The van der Waals surface area contributed by atoms with Crippen LogP contribution in [0, 0.1) is 0 Å². The molecule has 0 aliphatic carbocycles. The second-order valence-corrected chi connectivity index (χ2v) is 4.59. The fourth-order valence-electron chi connectivity index (χ4n) is 2.50. The van der Waals surface area contributed by atoms with Gasteiger partial charge in [-0.05, 0) is 26.2 Å². The zero-order chi connectivity index (χ0) is 10.8. The Hall–Kier alpha value is -0.320. The van der Waals surface area contributed by atoms with Crippen LogP contribution in [0.5, 0.6) is 0 Å². The molecule has 2 bridgehead atoms. The van der Waals surface area contributed by atoms with Gasteiger partial charge in [-0.15, -0.1) is 12.4 Å². The smallest absolute Gasteiger partial charge is 0.251 e. The van der Waals surface area contributed by atoms with Crippen LogP contribution < -0.4 is 5.32 Å². The van der Waals surface area contributed by atoms with Crippen molar-refractivity contribution in [3.63, 3.8) is 0 Å². The van der Waals surface area contributed by atoms with E-state index in [4.69, 9.17) is 4.74 Å². The van der Waals surface area contributed by atoms with E-state index in [1.165, 1.54) is 12.8 Å². The van der Waals surface area contributed by atoms with Gasteiger partial charge in [0, 0.05) is 32.3 Å². The van der Waals surface area contributed by atoms with Crippen LogP contribution in [0.2, 0.25) is 0 Å². The molecular formula is C11H21ClN2O2. The highest BCUT2D eigenvalue weighted by molar-refractivity contribution is 5.85. The minimum absolute atomic E-state index is 0. The van der Waals surface area contributed by atoms with Crippen molar-refractivity contribution in [1.82, 2.24) is 10.2 Å². The van der Waals surface area contributed by atoms with Gasteiger partial charge in [-0.2, -0.15) is 0 Å². The van der Waals surface area contributed by atoms with Gasteiger partial charge in [0.15, 0.2) is 0 Å². The molecule has 2 aliphatic rings. The molecule has 0 aromatic heterocycles. The first kappa shape index (κ1) is 13.7. The summed E-state index contributed by atoms with van der Waals surface area (Å²) < 4.78 is 5.07. The van der Waals surface area contributed by atoms with E-state index in [0.717, 1.165) is 19.5 Å². The number of amides is 1. The van der Waals surface area contributed by atoms with Gasteiger partial charge >= 0.3 is 0 Å². The third-order valence-corrected chi connectivity index (χ3v) is 3.54. The number of halogens is 1. The van der Waals surface area contributed by atoms with Crippen LogP contribution >= 0.6 is 12.4 Å². The van der Waals surface area contributed by atoms with E-state index >= 15 is 0 Å². The molecule has 2 aliphatic heterocycles. The van der Waals surface area contributed by atoms with Crippen molar-refractivity contribution >= 4 is 18.3 Å². The molecular weight excluding hydrogens is 228 g/mol. The molecule has 0 aromatic carbocycles. The summed E-state index contributed by atoms with van der Waals surface area (Å²) in [7, 11) is 1.59. The Kier molecular flexibility index (Phi) is 5.02. The average Bonchev–Trinajstić information content (AvgIpc) is 2.56. The summed E-state index contributed by atoms with van der Waals surface area (Å²) in [6, 6.07) is 1.14. The molecule has 0 radical (unpaired) electrons. The maximum absolute atomic E-state index is 11.9. The fourth-order valence-corrected chi connectivity index (χ4v) is 2.50. The Morgan fingerprint density at radius 2 is 2.06 bits per heavy atom. The van der Waals surface area contributed by atoms with E-state index < -0.39 is 0 Å². The molecule has 3 unspecified atom stereocenters. The Labute approximate surface area is 103 Å². The monoisotopic (exact) mass is 248 g/mol. The van der Waals surface area contributed by atoms with Gasteiger partial charge < -0.3 is 15.0 Å². The van der Waals surface area contributed by atoms with Crippen molar-refractivity contribution in [2.45, 2.75) is 44.4 Å². The number of methoxy groups -OCH3 is 1.